The highest BCUT2D eigenvalue weighted by molar-refractivity contribution is 7.90. The molecule has 3 aliphatic heterocycles. The molecule has 0 saturated carbocycles. The number of sulfonamides is 1. The second kappa shape index (κ2) is 4.44. The maximum atomic E-state index is 11.9. The molecule has 0 spiro atoms. The van der Waals surface area contributed by atoms with E-state index in [9.17, 15) is 8.42 Å². The van der Waals surface area contributed by atoms with Gasteiger partial charge >= 0.3 is 0 Å². The SMILES string of the molecule is CNS(=O)(=O)C1CC2CC[C@@H](C1)N2C1CN(C)C1. The van der Waals surface area contributed by atoms with E-state index in [1.54, 1.807) is 0 Å². The fraction of sp³-hybridized carbons (Fsp3) is 1.00. The van der Waals surface area contributed by atoms with Crippen LogP contribution in [-0.2, 0) is 10.0 Å². The van der Waals surface area contributed by atoms with Crippen molar-refractivity contribution in [3.63, 3.8) is 0 Å². The molecule has 1 N–H and O–H groups in total. The van der Waals surface area contributed by atoms with Crippen LogP contribution in [0.25, 0.3) is 0 Å². The van der Waals surface area contributed by atoms with Crippen LogP contribution in [0.1, 0.15) is 25.7 Å². The van der Waals surface area contributed by atoms with E-state index in [0.717, 1.165) is 25.9 Å². The Balaban J connectivity index is 1.71. The van der Waals surface area contributed by atoms with Crippen molar-refractivity contribution >= 4 is 10.0 Å². The summed E-state index contributed by atoms with van der Waals surface area (Å²) in [5.41, 5.74) is 0. The summed E-state index contributed by atoms with van der Waals surface area (Å²) in [5.74, 6) is 0. The zero-order chi connectivity index (χ0) is 12.9. The minimum atomic E-state index is -3.08. The molecule has 2 bridgehead atoms. The quantitative estimate of drug-likeness (QED) is 0.777. The summed E-state index contributed by atoms with van der Waals surface area (Å²) in [6.45, 7) is 2.30. The summed E-state index contributed by atoms with van der Waals surface area (Å²) < 4.78 is 26.4. The van der Waals surface area contributed by atoms with Gasteiger partial charge in [0.05, 0.1) is 5.25 Å². The number of hydrogen-bond donors (Lipinski definition) is 1. The van der Waals surface area contributed by atoms with Gasteiger partial charge in [0.25, 0.3) is 0 Å². The molecule has 2 unspecified atom stereocenters. The van der Waals surface area contributed by atoms with Crippen LogP contribution < -0.4 is 4.72 Å². The Hall–Kier alpha value is -0.170. The van der Waals surface area contributed by atoms with Crippen LogP contribution in [0.4, 0.5) is 0 Å². The molecule has 0 aliphatic carbocycles. The molecule has 3 heterocycles. The maximum absolute atomic E-state index is 11.9. The molecule has 3 saturated heterocycles. The molecule has 0 radical (unpaired) electrons. The maximum Gasteiger partial charge on any atom is 0.214 e. The molecule has 5 nitrogen and oxygen atoms in total. The first-order chi connectivity index (χ1) is 8.51. The van der Waals surface area contributed by atoms with E-state index in [1.165, 1.54) is 19.9 Å². The van der Waals surface area contributed by atoms with Gasteiger partial charge in [0.15, 0.2) is 0 Å². The molecule has 6 heteroatoms. The van der Waals surface area contributed by atoms with Crippen molar-refractivity contribution in [3.05, 3.63) is 0 Å². The highest BCUT2D eigenvalue weighted by atomic mass is 32.2. The van der Waals surface area contributed by atoms with Crippen LogP contribution in [-0.4, -0.2) is 68.8 Å². The topological polar surface area (TPSA) is 52.7 Å². The number of likely N-dealkylation sites (N-methyl/N-ethyl adjacent to an activating group) is 1. The smallest absolute Gasteiger partial charge is 0.214 e. The van der Waals surface area contributed by atoms with Crippen molar-refractivity contribution < 1.29 is 8.42 Å². The third-order valence-corrected chi connectivity index (χ3v) is 6.77. The lowest BCUT2D eigenvalue weighted by Crippen LogP contribution is -2.63. The Kier molecular flexibility index (Phi) is 3.17. The number of nitrogens with zero attached hydrogens (tertiary/aromatic N) is 2. The lowest BCUT2D eigenvalue weighted by Gasteiger charge is -2.50. The summed E-state index contributed by atoms with van der Waals surface area (Å²) in [7, 11) is 0.599. The Bertz CT molecular complexity index is 405. The van der Waals surface area contributed by atoms with Gasteiger partial charge in [0.2, 0.25) is 10.0 Å². The summed E-state index contributed by atoms with van der Waals surface area (Å²) >= 11 is 0. The number of likely N-dealkylation sites (tertiary alicyclic amines) is 1. The molecule has 3 fully saturated rings. The van der Waals surface area contributed by atoms with Crippen LogP contribution in [0.3, 0.4) is 0 Å². The second-order valence-corrected chi connectivity index (χ2v) is 8.21. The summed E-state index contributed by atoms with van der Waals surface area (Å²) in [5, 5.41) is -0.172. The Morgan fingerprint density at radius 3 is 2.06 bits per heavy atom. The van der Waals surface area contributed by atoms with E-state index < -0.39 is 10.0 Å². The monoisotopic (exact) mass is 273 g/mol. The van der Waals surface area contributed by atoms with Gasteiger partial charge in [-0.25, -0.2) is 13.1 Å². The number of rotatable bonds is 3. The van der Waals surface area contributed by atoms with E-state index >= 15 is 0 Å². The van der Waals surface area contributed by atoms with Crippen molar-refractivity contribution in [2.75, 3.05) is 27.2 Å². The molecule has 0 aromatic carbocycles. The van der Waals surface area contributed by atoms with E-state index in [4.69, 9.17) is 0 Å². The molecule has 3 atom stereocenters. The number of nitrogens with one attached hydrogen (secondary N) is 1. The first-order valence-electron chi connectivity index (χ1n) is 6.89. The Morgan fingerprint density at radius 2 is 1.61 bits per heavy atom. The first kappa shape index (κ1) is 12.8. The predicted octanol–water partition coefficient (Wildman–Crippen LogP) is -0.155. The van der Waals surface area contributed by atoms with Crippen molar-refractivity contribution in [2.24, 2.45) is 0 Å². The minimum Gasteiger partial charge on any atom is -0.303 e. The third kappa shape index (κ3) is 1.99. The van der Waals surface area contributed by atoms with Crippen molar-refractivity contribution in [2.45, 2.75) is 49.1 Å². The molecular formula is C12H23N3O2S. The Labute approximate surface area is 110 Å². The van der Waals surface area contributed by atoms with Gasteiger partial charge in [-0.05, 0) is 39.8 Å². The van der Waals surface area contributed by atoms with E-state index in [2.05, 4.69) is 21.6 Å². The summed E-state index contributed by atoms with van der Waals surface area (Å²) in [4.78, 5) is 4.96. The predicted molar refractivity (Wildman–Crippen MR) is 70.9 cm³/mol. The summed E-state index contributed by atoms with van der Waals surface area (Å²) in [6.07, 6.45) is 4.00. The van der Waals surface area contributed by atoms with Gasteiger partial charge in [0.1, 0.15) is 0 Å². The summed E-state index contributed by atoms with van der Waals surface area (Å²) in [6, 6.07) is 1.66. The fourth-order valence-corrected chi connectivity index (χ4v) is 5.32. The molecule has 0 aromatic heterocycles. The largest absolute Gasteiger partial charge is 0.303 e. The average molecular weight is 273 g/mol. The molecule has 104 valence electrons. The third-order valence-electron chi connectivity index (χ3n) is 4.94. The minimum absolute atomic E-state index is 0.172. The van der Waals surface area contributed by atoms with Crippen LogP contribution >= 0.6 is 0 Å². The van der Waals surface area contributed by atoms with Crippen LogP contribution in [0.2, 0.25) is 0 Å². The molecule has 0 amide bonds. The number of piperidine rings is 1. The van der Waals surface area contributed by atoms with Gasteiger partial charge in [-0.15, -0.1) is 0 Å². The van der Waals surface area contributed by atoms with Gasteiger partial charge in [-0.2, -0.15) is 0 Å². The van der Waals surface area contributed by atoms with Crippen LogP contribution in [0.5, 0.6) is 0 Å². The van der Waals surface area contributed by atoms with Crippen molar-refractivity contribution in [3.8, 4) is 0 Å². The average Bonchev–Trinajstić information content (AvgIpc) is 2.55. The van der Waals surface area contributed by atoms with Crippen molar-refractivity contribution in [1.82, 2.24) is 14.5 Å². The molecular weight excluding hydrogens is 250 g/mol. The van der Waals surface area contributed by atoms with Crippen LogP contribution in [0.15, 0.2) is 0 Å². The first-order valence-corrected chi connectivity index (χ1v) is 8.44. The molecule has 3 aliphatic rings. The van der Waals surface area contributed by atoms with Gasteiger partial charge < -0.3 is 4.90 Å². The number of fused-ring (bicyclic) bond motifs is 2. The second-order valence-electron chi connectivity index (χ2n) is 6.05. The van der Waals surface area contributed by atoms with Gasteiger partial charge in [-0.1, -0.05) is 0 Å². The normalized spacial score (nSPS) is 38.9. The zero-order valence-corrected chi connectivity index (χ0v) is 12.0. The number of hydrogen-bond acceptors (Lipinski definition) is 4. The van der Waals surface area contributed by atoms with Crippen molar-refractivity contribution in [1.29, 1.82) is 0 Å². The van der Waals surface area contributed by atoms with Crippen LogP contribution in [0, 0.1) is 0 Å². The van der Waals surface area contributed by atoms with Gasteiger partial charge in [0, 0.05) is 31.2 Å². The lowest BCUT2D eigenvalue weighted by molar-refractivity contribution is 0.000508. The van der Waals surface area contributed by atoms with E-state index in [1.807, 2.05) is 0 Å². The molecule has 18 heavy (non-hydrogen) atoms. The Morgan fingerprint density at radius 1 is 1.06 bits per heavy atom. The fourth-order valence-electron chi connectivity index (χ4n) is 4.03. The lowest BCUT2D eigenvalue weighted by atomic mass is 9.96. The van der Waals surface area contributed by atoms with E-state index in [0.29, 0.717) is 18.1 Å². The highest BCUT2D eigenvalue weighted by Gasteiger charge is 2.48. The standard InChI is InChI=1S/C12H23N3O2S/c1-13-18(16,17)12-5-9-3-4-10(6-12)15(9)11-7-14(2)8-11/h9-13H,3-8H2,1-2H3/t9-,10?,12?/m0/s1. The molecule has 3 rings (SSSR count). The van der Waals surface area contributed by atoms with E-state index in [-0.39, 0.29) is 5.25 Å². The zero-order valence-electron chi connectivity index (χ0n) is 11.2. The molecule has 0 aromatic rings. The highest BCUT2D eigenvalue weighted by Crippen LogP contribution is 2.40. The van der Waals surface area contributed by atoms with Gasteiger partial charge in [-0.3, -0.25) is 4.90 Å².